The average molecular weight is 211 g/mol. The lowest BCUT2D eigenvalue weighted by Gasteiger charge is -2.11. The first kappa shape index (κ1) is 11.7. The standard InChI is InChI=1S/C11H14FNO2/c1-7-4-3-5-9(10(7)12)11(15)13-8(2)6-14/h3-5,8,14H,6H2,1-2H3,(H,13,15). The molecule has 2 N–H and O–H groups in total. The third-order valence-corrected chi connectivity index (χ3v) is 2.09. The lowest BCUT2D eigenvalue weighted by Crippen LogP contribution is -2.35. The molecule has 1 rings (SSSR count). The van der Waals surface area contributed by atoms with Crippen LogP contribution >= 0.6 is 0 Å². The van der Waals surface area contributed by atoms with Crippen molar-refractivity contribution in [2.45, 2.75) is 19.9 Å². The van der Waals surface area contributed by atoms with E-state index in [1.807, 2.05) is 0 Å². The van der Waals surface area contributed by atoms with Crippen LogP contribution in [-0.4, -0.2) is 23.7 Å². The lowest BCUT2D eigenvalue weighted by atomic mass is 10.1. The van der Waals surface area contributed by atoms with Crippen LogP contribution in [0.3, 0.4) is 0 Å². The first-order chi connectivity index (χ1) is 7.06. The Morgan fingerprint density at radius 3 is 2.87 bits per heavy atom. The Morgan fingerprint density at radius 1 is 1.60 bits per heavy atom. The van der Waals surface area contributed by atoms with Gasteiger partial charge in [-0.15, -0.1) is 0 Å². The Morgan fingerprint density at radius 2 is 2.27 bits per heavy atom. The third kappa shape index (κ3) is 2.76. The van der Waals surface area contributed by atoms with E-state index in [4.69, 9.17) is 5.11 Å². The molecule has 0 heterocycles. The molecule has 1 aromatic carbocycles. The number of carbonyl (C=O) groups is 1. The van der Waals surface area contributed by atoms with Gasteiger partial charge >= 0.3 is 0 Å². The van der Waals surface area contributed by atoms with Gasteiger partial charge in [0.1, 0.15) is 5.82 Å². The van der Waals surface area contributed by atoms with E-state index < -0.39 is 11.7 Å². The van der Waals surface area contributed by atoms with Crippen LogP contribution in [0.4, 0.5) is 4.39 Å². The summed E-state index contributed by atoms with van der Waals surface area (Å²) < 4.78 is 13.5. The van der Waals surface area contributed by atoms with Gasteiger partial charge in [-0.05, 0) is 25.5 Å². The minimum Gasteiger partial charge on any atom is -0.394 e. The Bertz CT molecular complexity index is 366. The van der Waals surface area contributed by atoms with Gasteiger partial charge in [0.15, 0.2) is 0 Å². The van der Waals surface area contributed by atoms with Crippen LogP contribution in [0.1, 0.15) is 22.8 Å². The zero-order valence-corrected chi connectivity index (χ0v) is 8.75. The van der Waals surface area contributed by atoms with E-state index in [2.05, 4.69) is 5.32 Å². The molecule has 1 unspecified atom stereocenters. The molecule has 0 spiro atoms. The number of aryl methyl sites for hydroxylation is 1. The SMILES string of the molecule is Cc1cccc(C(=O)NC(C)CO)c1F. The largest absolute Gasteiger partial charge is 0.394 e. The number of benzene rings is 1. The Balaban J connectivity index is 2.87. The fraction of sp³-hybridized carbons (Fsp3) is 0.364. The Labute approximate surface area is 87.9 Å². The molecule has 4 heteroatoms. The second kappa shape index (κ2) is 4.89. The normalized spacial score (nSPS) is 12.3. The summed E-state index contributed by atoms with van der Waals surface area (Å²) in [6.45, 7) is 3.08. The van der Waals surface area contributed by atoms with Gasteiger partial charge in [0.2, 0.25) is 0 Å². The quantitative estimate of drug-likeness (QED) is 0.790. The van der Waals surface area contributed by atoms with Gasteiger partial charge in [-0.2, -0.15) is 0 Å². The van der Waals surface area contributed by atoms with Crippen LogP contribution in [0, 0.1) is 12.7 Å². The van der Waals surface area contributed by atoms with Crippen LogP contribution in [0.2, 0.25) is 0 Å². The minimum atomic E-state index is -0.514. The molecule has 0 aliphatic carbocycles. The monoisotopic (exact) mass is 211 g/mol. The van der Waals surface area contributed by atoms with Crippen molar-refractivity contribution in [1.82, 2.24) is 5.32 Å². The first-order valence-corrected chi connectivity index (χ1v) is 4.73. The van der Waals surface area contributed by atoms with Gasteiger partial charge in [0.25, 0.3) is 5.91 Å². The van der Waals surface area contributed by atoms with Gasteiger partial charge in [-0.1, -0.05) is 12.1 Å². The summed E-state index contributed by atoms with van der Waals surface area (Å²) in [5, 5.41) is 11.2. The number of carbonyl (C=O) groups excluding carboxylic acids is 1. The summed E-state index contributed by atoms with van der Waals surface area (Å²) in [7, 11) is 0. The minimum absolute atomic E-state index is 0.00954. The van der Waals surface area contributed by atoms with E-state index in [-0.39, 0.29) is 18.2 Å². The van der Waals surface area contributed by atoms with E-state index in [0.717, 1.165) is 0 Å². The number of hydrogen-bond acceptors (Lipinski definition) is 2. The zero-order valence-electron chi connectivity index (χ0n) is 8.75. The topological polar surface area (TPSA) is 49.3 Å². The summed E-state index contributed by atoms with van der Waals surface area (Å²) in [5.74, 6) is -1.02. The molecule has 0 bridgehead atoms. The molecule has 1 amide bonds. The predicted molar refractivity (Wildman–Crippen MR) is 55.2 cm³/mol. The molecule has 3 nitrogen and oxygen atoms in total. The van der Waals surface area contributed by atoms with Crippen molar-refractivity contribution in [3.05, 3.63) is 35.1 Å². The fourth-order valence-corrected chi connectivity index (χ4v) is 1.17. The number of aliphatic hydroxyl groups excluding tert-OH is 1. The number of nitrogens with one attached hydrogen (secondary N) is 1. The molecule has 0 aromatic heterocycles. The van der Waals surface area contributed by atoms with Crippen molar-refractivity contribution < 1.29 is 14.3 Å². The molecule has 0 aliphatic rings. The van der Waals surface area contributed by atoms with Crippen LogP contribution in [0.25, 0.3) is 0 Å². The number of amides is 1. The molecule has 0 saturated carbocycles. The maximum Gasteiger partial charge on any atom is 0.254 e. The fourth-order valence-electron chi connectivity index (χ4n) is 1.17. The van der Waals surface area contributed by atoms with Gasteiger partial charge in [0.05, 0.1) is 12.2 Å². The van der Waals surface area contributed by atoms with Crippen molar-refractivity contribution in [3.63, 3.8) is 0 Å². The van der Waals surface area contributed by atoms with Crippen LogP contribution < -0.4 is 5.32 Å². The van der Waals surface area contributed by atoms with Gasteiger partial charge in [-0.25, -0.2) is 4.39 Å². The molecule has 0 radical (unpaired) electrons. The average Bonchev–Trinajstić information content (AvgIpc) is 2.21. The van der Waals surface area contributed by atoms with E-state index in [1.165, 1.54) is 6.07 Å². The van der Waals surface area contributed by atoms with Crippen molar-refractivity contribution in [3.8, 4) is 0 Å². The summed E-state index contributed by atoms with van der Waals surface area (Å²) in [6, 6.07) is 4.26. The molecule has 82 valence electrons. The van der Waals surface area contributed by atoms with Gasteiger partial charge < -0.3 is 10.4 Å². The maximum atomic E-state index is 13.5. The summed E-state index contributed by atoms with van der Waals surface area (Å²) in [4.78, 5) is 11.5. The summed E-state index contributed by atoms with van der Waals surface area (Å²) in [5.41, 5.74) is 0.439. The van der Waals surface area contributed by atoms with Gasteiger partial charge in [-0.3, -0.25) is 4.79 Å². The van der Waals surface area contributed by atoms with Crippen molar-refractivity contribution in [2.75, 3.05) is 6.61 Å². The Kier molecular flexibility index (Phi) is 3.80. The first-order valence-electron chi connectivity index (χ1n) is 4.73. The van der Waals surface area contributed by atoms with Gasteiger partial charge in [0, 0.05) is 6.04 Å². The zero-order chi connectivity index (χ0) is 11.4. The molecule has 0 saturated heterocycles. The van der Waals surface area contributed by atoms with Crippen molar-refractivity contribution in [1.29, 1.82) is 0 Å². The summed E-state index contributed by atoms with van der Waals surface area (Å²) >= 11 is 0. The van der Waals surface area contributed by atoms with E-state index in [1.54, 1.807) is 26.0 Å². The highest BCUT2D eigenvalue weighted by Crippen LogP contribution is 2.11. The second-order valence-electron chi connectivity index (χ2n) is 3.49. The molecular formula is C11H14FNO2. The summed E-state index contributed by atoms with van der Waals surface area (Å²) in [6.07, 6.45) is 0. The molecule has 1 aromatic rings. The molecule has 15 heavy (non-hydrogen) atoms. The highest BCUT2D eigenvalue weighted by molar-refractivity contribution is 5.94. The van der Waals surface area contributed by atoms with Crippen molar-refractivity contribution in [2.24, 2.45) is 0 Å². The number of aliphatic hydroxyl groups is 1. The molecule has 1 atom stereocenters. The third-order valence-electron chi connectivity index (χ3n) is 2.09. The maximum absolute atomic E-state index is 13.5. The van der Waals surface area contributed by atoms with Crippen LogP contribution in [0.15, 0.2) is 18.2 Å². The number of halogens is 1. The molecule has 0 aliphatic heterocycles. The van der Waals surface area contributed by atoms with Crippen molar-refractivity contribution >= 4 is 5.91 Å². The van der Waals surface area contributed by atoms with Crippen LogP contribution in [-0.2, 0) is 0 Å². The predicted octanol–water partition coefficient (Wildman–Crippen LogP) is 1.24. The highest BCUT2D eigenvalue weighted by atomic mass is 19.1. The smallest absolute Gasteiger partial charge is 0.254 e. The molecule has 0 fully saturated rings. The molecular weight excluding hydrogens is 197 g/mol. The van der Waals surface area contributed by atoms with Crippen LogP contribution in [0.5, 0.6) is 0 Å². The number of hydrogen-bond donors (Lipinski definition) is 2. The highest BCUT2D eigenvalue weighted by Gasteiger charge is 2.14. The van der Waals surface area contributed by atoms with E-state index in [0.29, 0.717) is 5.56 Å². The Hall–Kier alpha value is -1.42. The lowest BCUT2D eigenvalue weighted by molar-refractivity contribution is 0.0918. The van der Waals surface area contributed by atoms with E-state index >= 15 is 0 Å². The number of rotatable bonds is 3. The second-order valence-corrected chi connectivity index (χ2v) is 3.49. The van der Waals surface area contributed by atoms with E-state index in [9.17, 15) is 9.18 Å².